The first-order valence-corrected chi connectivity index (χ1v) is 9.63. The van der Waals surface area contributed by atoms with Crippen molar-refractivity contribution < 1.29 is 8.42 Å². The van der Waals surface area contributed by atoms with Crippen molar-refractivity contribution in [1.82, 2.24) is 15.2 Å². The molecule has 0 fully saturated rings. The fourth-order valence-electron chi connectivity index (χ4n) is 2.47. The van der Waals surface area contributed by atoms with Gasteiger partial charge in [0.2, 0.25) is 0 Å². The molecule has 0 bridgehead atoms. The highest BCUT2D eigenvalue weighted by Crippen LogP contribution is 2.13. The number of nitrogens with one attached hydrogen (secondary N) is 1. The van der Waals surface area contributed by atoms with Gasteiger partial charge < -0.3 is 0 Å². The lowest BCUT2D eigenvalue weighted by atomic mass is 10.1. The van der Waals surface area contributed by atoms with E-state index in [1.807, 2.05) is 30.3 Å². The van der Waals surface area contributed by atoms with Gasteiger partial charge in [0, 0.05) is 19.1 Å². The fraction of sp³-hybridized carbons (Fsp3) is 0.222. The Kier molecular flexibility index (Phi) is 4.76. The molecule has 124 valence electrons. The van der Waals surface area contributed by atoms with E-state index in [9.17, 15) is 8.42 Å². The van der Waals surface area contributed by atoms with Gasteiger partial charge in [-0.25, -0.2) is 13.4 Å². The minimum Gasteiger partial charge on any atom is -0.263 e. The average molecular weight is 341 g/mol. The normalized spacial score (nSPS) is 11.5. The highest BCUT2D eigenvalue weighted by atomic mass is 32.2. The van der Waals surface area contributed by atoms with Gasteiger partial charge in [0.15, 0.2) is 15.7 Å². The third-order valence-electron chi connectivity index (χ3n) is 3.78. The van der Waals surface area contributed by atoms with Gasteiger partial charge in [-0.05, 0) is 29.7 Å². The molecule has 0 atom stereocenters. The van der Waals surface area contributed by atoms with Crippen LogP contribution in [0.1, 0.15) is 22.8 Å². The number of hydrogen-bond donors (Lipinski definition) is 1. The van der Waals surface area contributed by atoms with Crippen LogP contribution in [-0.4, -0.2) is 29.9 Å². The number of benzene rings is 2. The molecule has 3 rings (SSSR count). The maximum Gasteiger partial charge on any atom is 0.175 e. The second kappa shape index (κ2) is 6.97. The Morgan fingerprint density at radius 2 is 1.62 bits per heavy atom. The van der Waals surface area contributed by atoms with Gasteiger partial charge in [-0.3, -0.25) is 5.10 Å². The Morgan fingerprint density at radius 3 is 2.29 bits per heavy atom. The lowest BCUT2D eigenvalue weighted by Gasteiger charge is -2.01. The van der Waals surface area contributed by atoms with Crippen molar-refractivity contribution in [3.05, 3.63) is 77.4 Å². The van der Waals surface area contributed by atoms with Crippen LogP contribution in [0.5, 0.6) is 0 Å². The van der Waals surface area contributed by atoms with Crippen molar-refractivity contribution in [3.63, 3.8) is 0 Å². The molecule has 2 aromatic carbocycles. The Hall–Kier alpha value is -2.47. The van der Waals surface area contributed by atoms with Crippen LogP contribution in [0.2, 0.25) is 0 Å². The summed E-state index contributed by atoms with van der Waals surface area (Å²) in [4.78, 5) is 4.83. The third-order valence-corrected chi connectivity index (χ3v) is 4.91. The molecule has 0 aliphatic carbocycles. The van der Waals surface area contributed by atoms with Crippen molar-refractivity contribution in [2.45, 2.75) is 24.2 Å². The zero-order valence-corrected chi connectivity index (χ0v) is 14.3. The van der Waals surface area contributed by atoms with Crippen LogP contribution in [-0.2, 0) is 29.1 Å². The SMILES string of the molecule is CS(=O)(=O)c1ccc(Cc2nc(CCc3ccccc3)n[nH]2)cc1. The molecule has 0 aliphatic rings. The van der Waals surface area contributed by atoms with Crippen molar-refractivity contribution in [2.24, 2.45) is 0 Å². The van der Waals surface area contributed by atoms with Gasteiger partial charge >= 0.3 is 0 Å². The van der Waals surface area contributed by atoms with Crippen LogP contribution in [0.3, 0.4) is 0 Å². The molecule has 0 saturated carbocycles. The Morgan fingerprint density at radius 1 is 0.917 bits per heavy atom. The minimum atomic E-state index is -3.16. The summed E-state index contributed by atoms with van der Waals surface area (Å²) in [5.41, 5.74) is 2.26. The first-order chi connectivity index (χ1) is 11.5. The van der Waals surface area contributed by atoms with Crippen LogP contribution in [0.15, 0.2) is 59.5 Å². The summed E-state index contributed by atoms with van der Waals surface area (Å²) in [6, 6.07) is 17.1. The highest BCUT2D eigenvalue weighted by molar-refractivity contribution is 7.90. The first-order valence-electron chi connectivity index (χ1n) is 7.74. The number of aromatic amines is 1. The topological polar surface area (TPSA) is 75.7 Å². The van der Waals surface area contributed by atoms with Crippen molar-refractivity contribution in [1.29, 1.82) is 0 Å². The molecule has 0 radical (unpaired) electrons. The second-order valence-corrected chi connectivity index (χ2v) is 7.79. The monoisotopic (exact) mass is 341 g/mol. The number of hydrogen-bond acceptors (Lipinski definition) is 4. The van der Waals surface area contributed by atoms with E-state index in [1.165, 1.54) is 11.8 Å². The Balaban J connectivity index is 1.61. The van der Waals surface area contributed by atoms with Crippen LogP contribution in [0, 0.1) is 0 Å². The van der Waals surface area contributed by atoms with Gasteiger partial charge in [0.05, 0.1) is 4.90 Å². The smallest absolute Gasteiger partial charge is 0.175 e. The summed E-state index contributed by atoms with van der Waals surface area (Å²) in [5.74, 6) is 1.58. The summed E-state index contributed by atoms with van der Waals surface area (Å²) in [5, 5.41) is 7.21. The van der Waals surface area contributed by atoms with Gasteiger partial charge in [-0.1, -0.05) is 42.5 Å². The molecule has 0 amide bonds. The third kappa shape index (κ3) is 4.29. The zero-order chi connectivity index (χ0) is 17.0. The van der Waals surface area contributed by atoms with Gasteiger partial charge in [-0.15, -0.1) is 0 Å². The zero-order valence-electron chi connectivity index (χ0n) is 13.4. The van der Waals surface area contributed by atoms with Crippen LogP contribution >= 0.6 is 0 Å². The van der Waals surface area contributed by atoms with Gasteiger partial charge in [0.1, 0.15) is 5.82 Å². The Labute approximate surface area is 141 Å². The lowest BCUT2D eigenvalue weighted by molar-refractivity contribution is 0.602. The van der Waals surface area contributed by atoms with Crippen molar-refractivity contribution in [3.8, 4) is 0 Å². The maximum absolute atomic E-state index is 11.5. The van der Waals surface area contributed by atoms with E-state index < -0.39 is 9.84 Å². The van der Waals surface area contributed by atoms with Crippen LogP contribution in [0.4, 0.5) is 0 Å². The fourth-order valence-corrected chi connectivity index (χ4v) is 3.10. The maximum atomic E-state index is 11.5. The largest absolute Gasteiger partial charge is 0.263 e. The van der Waals surface area contributed by atoms with E-state index in [4.69, 9.17) is 0 Å². The average Bonchev–Trinajstić information content (AvgIpc) is 3.01. The molecule has 0 aliphatic heterocycles. The molecule has 24 heavy (non-hydrogen) atoms. The molecular weight excluding hydrogens is 322 g/mol. The molecule has 1 aromatic heterocycles. The summed E-state index contributed by atoms with van der Waals surface area (Å²) < 4.78 is 22.9. The van der Waals surface area contributed by atoms with E-state index >= 15 is 0 Å². The number of H-pyrrole nitrogens is 1. The lowest BCUT2D eigenvalue weighted by Crippen LogP contribution is -1.98. The second-order valence-electron chi connectivity index (χ2n) is 5.78. The standard InChI is InChI=1S/C18H19N3O2S/c1-24(22,23)16-10-7-15(8-11-16)13-18-19-17(20-21-18)12-9-14-5-3-2-4-6-14/h2-8,10-11H,9,12-13H2,1H3,(H,19,20,21). The van der Waals surface area contributed by atoms with Gasteiger partial charge in [-0.2, -0.15) is 5.10 Å². The molecule has 1 heterocycles. The van der Waals surface area contributed by atoms with E-state index in [-0.39, 0.29) is 0 Å². The molecule has 1 N–H and O–H groups in total. The van der Waals surface area contributed by atoms with Crippen molar-refractivity contribution in [2.75, 3.05) is 6.26 Å². The molecule has 0 unspecified atom stereocenters. The quantitative estimate of drug-likeness (QED) is 0.748. The molecule has 0 saturated heterocycles. The molecule has 0 spiro atoms. The molecular formula is C18H19N3O2S. The summed E-state index contributed by atoms with van der Waals surface area (Å²) >= 11 is 0. The van der Waals surface area contributed by atoms with Crippen LogP contribution in [0.25, 0.3) is 0 Å². The number of sulfone groups is 1. The van der Waals surface area contributed by atoms with Crippen LogP contribution < -0.4 is 0 Å². The molecule has 6 heteroatoms. The van der Waals surface area contributed by atoms with E-state index in [1.54, 1.807) is 12.1 Å². The number of aryl methyl sites for hydroxylation is 2. The van der Waals surface area contributed by atoms with E-state index in [2.05, 4.69) is 27.3 Å². The van der Waals surface area contributed by atoms with Crippen molar-refractivity contribution >= 4 is 9.84 Å². The van der Waals surface area contributed by atoms with E-state index in [0.717, 1.165) is 30.1 Å². The minimum absolute atomic E-state index is 0.326. The summed E-state index contributed by atoms with van der Waals surface area (Å²) in [7, 11) is -3.16. The number of aromatic nitrogens is 3. The van der Waals surface area contributed by atoms with E-state index in [0.29, 0.717) is 11.3 Å². The molecule has 3 aromatic rings. The molecule has 5 nitrogen and oxygen atoms in total. The predicted octanol–water partition coefficient (Wildman–Crippen LogP) is 2.58. The predicted molar refractivity (Wildman–Crippen MR) is 92.6 cm³/mol. The Bertz CT molecular complexity index is 901. The number of nitrogens with zero attached hydrogens (tertiary/aromatic N) is 2. The number of rotatable bonds is 6. The van der Waals surface area contributed by atoms with Gasteiger partial charge in [0.25, 0.3) is 0 Å². The highest BCUT2D eigenvalue weighted by Gasteiger charge is 2.08. The summed E-state index contributed by atoms with van der Waals surface area (Å²) in [6.45, 7) is 0. The first kappa shape index (κ1) is 16.4. The summed E-state index contributed by atoms with van der Waals surface area (Å²) in [6.07, 6.45) is 3.49.